The molecule has 1 unspecified atom stereocenters. The Bertz CT molecular complexity index is 1170. The van der Waals surface area contributed by atoms with Crippen LogP contribution in [0.5, 0.6) is 0 Å². The van der Waals surface area contributed by atoms with E-state index in [-0.39, 0.29) is 23.2 Å². The zero-order chi connectivity index (χ0) is 21.4. The molecule has 1 saturated heterocycles. The van der Waals surface area contributed by atoms with E-state index in [9.17, 15) is 9.59 Å². The van der Waals surface area contributed by atoms with Crippen LogP contribution in [0.15, 0.2) is 34.2 Å². The first kappa shape index (κ1) is 20.9. The predicted molar refractivity (Wildman–Crippen MR) is 126 cm³/mol. The van der Waals surface area contributed by atoms with Crippen molar-refractivity contribution in [1.29, 1.82) is 0 Å². The lowest BCUT2D eigenvalue weighted by Crippen LogP contribution is -2.29. The van der Waals surface area contributed by atoms with E-state index in [1.807, 2.05) is 31.2 Å². The summed E-state index contributed by atoms with van der Waals surface area (Å²) in [4.78, 5) is 33.4. The fourth-order valence-corrected chi connectivity index (χ4v) is 6.64. The molecule has 7 heteroatoms. The minimum Gasteiger partial charge on any atom is -0.376 e. The molecule has 2 aliphatic rings. The van der Waals surface area contributed by atoms with Gasteiger partial charge in [0.2, 0.25) is 0 Å². The molecule has 1 aliphatic carbocycles. The molecule has 0 amide bonds. The van der Waals surface area contributed by atoms with Crippen LogP contribution in [-0.4, -0.2) is 33.8 Å². The topological polar surface area (TPSA) is 61.2 Å². The van der Waals surface area contributed by atoms with Gasteiger partial charge in [0.05, 0.1) is 23.8 Å². The van der Waals surface area contributed by atoms with Crippen LogP contribution in [0.1, 0.15) is 52.0 Å². The summed E-state index contributed by atoms with van der Waals surface area (Å²) < 4.78 is 7.59. The highest BCUT2D eigenvalue weighted by molar-refractivity contribution is 7.99. The van der Waals surface area contributed by atoms with Gasteiger partial charge in [0.15, 0.2) is 10.9 Å². The van der Waals surface area contributed by atoms with Crippen LogP contribution in [0.2, 0.25) is 0 Å². The third-order valence-electron chi connectivity index (χ3n) is 6.16. The van der Waals surface area contributed by atoms with Crippen molar-refractivity contribution < 1.29 is 9.53 Å². The summed E-state index contributed by atoms with van der Waals surface area (Å²) in [5.41, 5.74) is 3.06. The molecule has 1 aromatic carbocycles. The van der Waals surface area contributed by atoms with E-state index in [1.165, 1.54) is 28.6 Å². The Kier molecular flexibility index (Phi) is 5.99. The average Bonchev–Trinajstić information content (AvgIpc) is 3.42. The van der Waals surface area contributed by atoms with Crippen molar-refractivity contribution in [2.24, 2.45) is 0 Å². The number of hydrogen-bond acceptors (Lipinski definition) is 6. The molecular formula is C24H26N2O3S2. The summed E-state index contributed by atoms with van der Waals surface area (Å²) in [7, 11) is 0. The van der Waals surface area contributed by atoms with Crippen LogP contribution in [0.25, 0.3) is 10.2 Å². The Morgan fingerprint density at radius 1 is 1.23 bits per heavy atom. The highest BCUT2D eigenvalue weighted by Crippen LogP contribution is 2.35. The SMILES string of the molecule is Cc1ccc(C(=O)CSc2nc3sc4c(c3c(=O)n2CC2CCCO2)CCCC4)cc1. The number of aromatic nitrogens is 2. The molecule has 162 valence electrons. The van der Waals surface area contributed by atoms with Crippen molar-refractivity contribution in [3.05, 3.63) is 56.2 Å². The molecule has 31 heavy (non-hydrogen) atoms. The second kappa shape index (κ2) is 8.88. The largest absolute Gasteiger partial charge is 0.376 e. The third kappa shape index (κ3) is 4.23. The Morgan fingerprint density at radius 2 is 2.03 bits per heavy atom. The second-order valence-electron chi connectivity index (χ2n) is 8.41. The summed E-state index contributed by atoms with van der Waals surface area (Å²) in [6.07, 6.45) is 6.33. The maximum absolute atomic E-state index is 13.6. The minimum atomic E-state index is 0.0326. The van der Waals surface area contributed by atoms with Gasteiger partial charge in [-0.1, -0.05) is 41.6 Å². The number of carbonyl (C=O) groups excluding carboxylic acids is 1. The standard InChI is InChI=1S/C24H26N2O3S2/c1-15-8-10-16(11-9-15)19(27)14-30-24-25-22-21(18-6-2-3-7-20(18)31-22)23(28)26(24)13-17-5-4-12-29-17/h8-11,17H,2-7,12-14H2,1H3. The molecular weight excluding hydrogens is 428 g/mol. The smallest absolute Gasteiger partial charge is 0.263 e. The number of nitrogens with zero attached hydrogens (tertiary/aromatic N) is 2. The number of benzene rings is 1. The number of ketones is 1. The van der Waals surface area contributed by atoms with Crippen LogP contribution in [-0.2, 0) is 24.1 Å². The van der Waals surface area contributed by atoms with Gasteiger partial charge in [-0.2, -0.15) is 0 Å². The van der Waals surface area contributed by atoms with Crippen LogP contribution >= 0.6 is 23.1 Å². The molecule has 0 bridgehead atoms. The third-order valence-corrected chi connectivity index (χ3v) is 8.32. The lowest BCUT2D eigenvalue weighted by Gasteiger charge is -2.16. The van der Waals surface area contributed by atoms with E-state index < -0.39 is 0 Å². The van der Waals surface area contributed by atoms with Gasteiger partial charge < -0.3 is 4.74 Å². The summed E-state index contributed by atoms with van der Waals surface area (Å²) >= 11 is 3.02. The van der Waals surface area contributed by atoms with E-state index >= 15 is 0 Å². The number of Topliss-reactive ketones (excluding diaryl/α,β-unsaturated/α-hetero) is 1. The molecule has 5 rings (SSSR count). The lowest BCUT2D eigenvalue weighted by molar-refractivity contribution is 0.0937. The number of aryl methyl sites for hydroxylation is 3. The van der Waals surface area contributed by atoms with Crippen LogP contribution in [0.3, 0.4) is 0 Å². The highest BCUT2D eigenvalue weighted by atomic mass is 32.2. The van der Waals surface area contributed by atoms with Gasteiger partial charge in [-0.3, -0.25) is 14.2 Å². The van der Waals surface area contributed by atoms with Crippen LogP contribution in [0.4, 0.5) is 0 Å². The Labute approximate surface area is 189 Å². The molecule has 0 spiro atoms. The summed E-state index contributed by atoms with van der Waals surface area (Å²) in [6.45, 7) is 3.26. The molecule has 0 radical (unpaired) electrons. The first-order valence-electron chi connectivity index (χ1n) is 11.0. The molecule has 1 fully saturated rings. The van der Waals surface area contributed by atoms with Crippen molar-refractivity contribution in [2.45, 2.75) is 63.3 Å². The van der Waals surface area contributed by atoms with Gasteiger partial charge >= 0.3 is 0 Å². The van der Waals surface area contributed by atoms with Gasteiger partial charge in [0.1, 0.15) is 4.83 Å². The molecule has 2 aromatic heterocycles. The van der Waals surface area contributed by atoms with Gasteiger partial charge in [0.25, 0.3) is 5.56 Å². The normalized spacial score (nSPS) is 18.4. The second-order valence-corrected chi connectivity index (χ2v) is 10.4. The van der Waals surface area contributed by atoms with E-state index in [0.29, 0.717) is 17.3 Å². The van der Waals surface area contributed by atoms with Crippen LogP contribution in [0, 0.1) is 6.92 Å². The fraction of sp³-hybridized carbons (Fsp3) is 0.458. The molecule has 1 atom stereocenters. The van der Waals surface area contributed by atoms with E-state index in [2.05, 4.69) is 0 Å². The Balaban J connectivity index is 1.49. The van der Waals surface area contributed by atoms with Crippen molar-refractivity contribution in [2.75, 3.05) is 12.4 Å². The van der Waals surface area contributed by atoms with Crippen molar-refractivity contribution >= 4 is 39.1 Å². The summed E-state index contributed by atoms with van der Waals surface area (Å²) in [6, 6.07) is 7.63. The zero-order valence-corrected chi connectivity index (χ0v) is 19.3. The van der Waals surface area contributed by atoms with Crippen molar-refractivity contribution in [3.8, 4) is 0 Å². The van der Waals surface area contributed by atoms with E-state index in [4.69, 9.17) is 9.72 Å². The monoisotopic (exact) mass is 454 g/mol. The van der Waals surface area contributed by atoms with Gasteiger partial charge in [-0.25, -0.2) is 4.98 Å². The number of thiophene rings is 1. The minimum absolute atomic E-state index is 0.0326. The first-order valence-corrected chi connectivity index (χ1v) is 12.8. The predicted octanol–water partition coefficient (Wildman–Crippen LogP) is 4.80. The van der Waals surface area contributed by atoms with Gasteiger partial charge in [-0.05, 0) is 51.0 Å². The first-order chi connectivity index (χ1) is 15.1. The number of carbonyl (C=O) groups is 1. The molecule has 3 aromatic rings. The lowest BCUT2D eigenvalue weighted by atomic mass is 9.97. The Morgan fingerprint density at radius 3 is 2.81 bits per heavy atom. The fourth-order valence-electron chi connectivity index (χ4n) is 4.44. The molecule has 0 N–H and O–H groups in total. The number of ether oxygens (including phenoxy) is 1. The maximum atomic E-state index is 13.6. The van der Waals surface area contributed by atoms with Gasteiger partial charge in [-0.15, -0.1) is 11.3 Å². The number of fused-ring (bicyclic) bond motifs is 3. The van der Waals surface area contributed by atoms with Crippen LogP contribution < -0.4 is 5.56 Å². The highest BCUT2D eigenvalue weighted by Gasteiger charge is 2.25. The van der Waals surface area contributed by atoms with Crippen molar-refractivity contribution in [3.63, 3.8) is 0 Å². The number of hydrogen-bond donors (Lipinski definition) is 0. The summed E-state index contributed by atoms with van der Waals surface area (Å²) in [5.74, 6) is 0.311. The average molecular weight is 455 g/mol. The molecule has 0 saturated carbocycles. The maximum Gasteiger partial charge on any atom is 0.263 e. The molecule has 5 nitrogen and oxygen atoms in total. The quantitative estimate of drug-likeness (QED) is 0.304. The van der Waals surface area contributed by atoms with Crippen molar-refractivity contribution in [1.82, 2.24) is 9.55 Å². The molecule has 3 heterocycles. The van der Waals surface area contributed by atoms with E-state index in [0.717, 1.165) is 54.5 Å². The molecule has 1 aliphatic heterocycles. The number of thioether (sulfide) groups is 1. The number of rotatable bonds is 6. The summed E-state index contributed by atoms with van der Waals surface area (Å²) in [5, 5.41) is 1.43. The zero-order valence-electron chi connectivity index (χ0n) is 17.7. The van der Waals surface area contributed by atoms with Gasteiger partial charge in [0, 0.05) is 17.0 Å². The van der Waals surface area contributed by atoms with E-state index in [1.54, 1.807) is 15.9 Å². The Hall–Kier alpha value is -1.96.